The average Bonchev–Trinajstić information content (AvgIpc) is 2.85. The van der Waals surface area contributed by atoms with Crippen molar-refractivity contribution in [1.82, 2.24) is 0 Å². The van der Waals surface area contributed by atoms with Gasteiger partial charge in [0, 0.05) is 18.9 Å². The molecule has 19 heavy (non-hydrogen) atoms. The lowest BCUT2D eigenvalue weighted by molar-refractivity contribution is -0.177. The first-order chi connectivity index (χ1) is 9.19. The lowest BCUT2D eigenvalue weighted by atomic mass is 9.89. The zero-order chi connectivity index (χ0) is 13.3. The number of ether oxygens (including phenoxy) is 2. The Morgan fingerprint density at radius 1 is 1.21 bits per heavy atom. The van der Waals surface area contributed by atoms with Gasteiger partial charge in [-0.1, -0.05) is 23.7 Å². The molecule has 1 spiro atoms. The van der Waals surface area contributed by atoms with Crippen LogP contribution in [0.4, 0.5) is 5.69 Å². The number of halogens is 1. The fourth-order valence-electron chi connectivity index (χ4n) is 3.01. The topological polar surface area (TPSA) is 30.5 Å². The summed E-state index contributed by atoms with van der Waals surface area (Å²) in [5.74, 6) is -0.284. The van der Waals surface area contributed by atoms with Crippen molar-refractivity contribution >= 4 is 17.3 Å². The molecule has 0 radical (unpaired) electrons. The van der Waals surface area contributed by atoms with Gasteiger partial charge in [-0.25, -0.2) is 0 Å². The van der Waals surface area contributed by atoms with Gasteiger partial charge in [-0.3, -0.25) is 0 Å². The Morgan fingerprint density at radius 2 is 1.89 bits per heavy atom. The third-order valence-electron chi connectivity index (χ3n) is 4.13. The molecule has 3 nitrogen and oxygen atoms in total. The summed E-state index contributed by atoms with van der Waals surface area (Å²) in [6.07, 6.45) is 4.05. The van der Waals surface area contributed by atoms with E-state index in [2.05, 4.69) is 18.3 Å². The van der Waals surface area contributed by atoms with Crippen LogP contribution in [-0.2, 0) is 9.47 Å². The van der Waals surface area contributed by atoms with Crippen molar-refractivity contribution in [2.75, 3.05) is 18.5 Å². The molecule has 1 aromatic carbocycles. The maximum atomic E-state index is 6.26. The maximum Gasteiger partial charge on any atom is 0.168 e. The smallest absolute Gasteiger partial charge is 0.168 e. The van der Waals surface area contributed by atoms with E-state index in [0.29, 0.717) is 6.04 Å². The zero-order valence-electron chi connectivity index (χ0n) is 11.2. The van der Waals surface area contributed by atoms with Gasteiger partial charge in [0.05, 0.1) is 23.9 Å². The Bertz CT molecular complexity index is 427. The minimum absolute atomic E-state index is 0.284. The first kappa shape index (κ1) is 13.2. The van der Waals surface area contributed by atoms with Crippen LogP contribution in [0.15, 0.2) is 18.2 Å². The molecule has 1 aliphatic heterocycles. The van der Waals surface area contributed by atoms with E-state index in [-0.39, 0.29) is 5.79 Å². The number of hydrogen-bond donors (Lipinski definition) is 1. The number of aryl methyl sites for hydroxylation is 1. The highest BCUT2D eigenvalue weighted by molar-refractivity contribution is 6.33. The normalized spacial score (nSPS) is 22.8. The SMILES string of the molecule is Cc1cccc(Cl)c1NC1CCC2(CC1)OCCO2. The quantitative estimate of drug-likeness (QED) is 0.896. The van der Waals surface area contributed by atoms with Crippen molar-refractivity contribution in [3.8, 4) is 0 Å². The van der Waals surface area contributed by atoms with Crippen molar-refractivity contribution in [3.05, 3.63) is 28.8 Å². The van der Waals surface area contributed by atoms with Gasteiger partial charge in [-0.15, -0.1) is 0 Å². The fourth-order valence-corrected chi connectivity index (χ4v) is 3.28. The number of anilines is 1. The molecule has 3 rings (SSSR count). The second kappa shape index (κ2) is 5.31. The molecular weight excluding hydrogens is 262 g/mol. The third-order valence-corrected chi connectivity index (χ3v) is 4.45. The van der Waals surface area contributed by atoms with E-state index in [9.17, 15) is 0 Å². The molecule has 0 bridgehead atoms. The first-order valence-electron chi connectivity index (χ1n) is 6.98. The zero-order valence-corrected chi connectivity index (χ0v) is 12.0. The van der Waals surface area contributed by atoms with Crippen LogP contribution < -0.4 is 5.32 Å². The number of benzene rings is 1. The minimum atomic E-state index is -0.284. The Balaban J connectivity index is 1.63. The largest absolute Gasteiger partial charge is 0.381 e. The van der Waals surface area contributed by atoms with Gasteiger partial charge < -0.3 is 14.8 Å². The van der Waals surface area contributed by atoms with Crippen LogP contribution in [0.2, 0.25) is 5.02 Å². The van der Waals surface area contributed by atoms with E-state index < -0.39 is 0 Å². The summed E-state index contributed by atoms with van der Waals surface area (Å²) in [6.45, 7) is 3.56. The van der Waals surface area contributed by atoms with Gasteiger partial charge in [0.1, 0.15) is 0 Å². The van der Waals surface area contributed by atoms with Gasteiger partial charge in [-0.2, -0.15) is 0 Å². The molecule has 0 aromatic heterocycles. The predicted molar refractivity (Wildman–Crippen MR) is 76.7 cm³/mol. The molecule has 1 aliphatic carbocycles. The Hall–Kier alpha value is -0.770. The Morgan fingerprint density at radius 3 is 2.53 bits per heavy atom. The molecular formula is C15H20ClNO2. The minimum Gasteiger partial charge on any atom is -0.381 e. The van der Waals surface area contributed by atoms with Crippen LogP contribution in [0, 0.1) is 6.92 Å². The van der Waals surface area contributed by atoms with Crippen LogP contribution in [0.3, 0.4) is 0 Å². The van der Waals surface area contributed by atoms with Gasteiger partial charge in [0.2, 0.25) is 0 Å². The molecule has 1 heterocycles. The molecule has 104 valence electrons. The molecule has 4 heteroatoms. The summed E-state index contributed by atoms with van der Waals surface area (Å²) < 4.78 is 11.5. The molecule has 0 atom stereocenters. The Kier molecular flexibility index (Phi) is 3.70. The van der Waals surface area contributed by atoms with Gasteiger partial charge in [0.25, 0.3) is 0 Å². The summed E-state index contributed by atoms with van der Waals surface area (Å²) in [5.41, 5.74) is 2.26. The van der Waals surface area contributed by atoms with Crippen molar-refractivity contribution in [1.29, 1.82) is 0 Å². The molecule has 0 unspecified atom stereocenters. The predicted octanol–water partition coefficient (Wildman–Crippen LogP) is 3.75. The van der Waals surface area contributed by atoms with Crippen LogP contribution >= 0.6 is 11.6 Å². The third kappa shape index (κ3) is 2.73. The van der Waals surface area contributed by atoms with Gasteiger partial charge in [0.15, 0.2) is 5.79 Å². The Labute approximate surface area is 119 Å². The fraction of sp³-hybridized carbons (Fsp3) is 0.600. The molecule has 0 amide bonds. The lowest BCUT2D eigenvalue weighted by Gasteiger charge is -2.36. The average molecular weight is 282 g/mol. The summed E-state index contributed by atoms with van der Waals surface area (Å²) in [5, 5.41) is 4.38. The highest BCUT2D eigenvalue weighted by Crippen LogP contribution is 2.37. The van der Waals surface area contributed by atoms with Crippen LogP contribution in [0.1, 0.15) is 31.2 Å². The van der Waals surface area contributed by atoms with Crippen LogP contribution in [0.25, 0.3) is 0 Å². The number of para-hydroxylation sites is 1. The lowest BCUT2D eigenvalue weighted by Crippen LogP contribution is -2.39. The van der Waals surface area contributed by atoms with E-state index in [0.717, 1.165) is 49.6 Å². The summed E-state index contributed by atoms with van der Waals surface area (Å²) in [6, 6.07) is 6.46. The van der Waals surface area contributed by atoms with Gasteiger partial charge in [-0.05, 0) is 31.4 Å². The van der Waals surface area contributed by atoms with Gasteiger partial charge >= 0.3 is 0 Å². The molecule has 1 saturated carbocycles. The van der Waals surface area contributed by atoms with E-state index in [1.807, 2.05) is 12.1 Å². The van der Waals surface area contributed by atoms with E-state index in [1.165, 1.54) is 5.56 Å². The van der Waals surface area contributed by atoms with Crippen LogP contribution in [0.5, 0.6) is 0 Å². The van der Waals surface area contributed by atoms with Crippen molar-refractivity contribution in [2.24, 2.45) is 0 Å². The van der Waals surface area contributed by atoms with E-state index in [1.54, 1.807) is 0 Å². The second-order valence-corrected chi connectivity index (χ2v) is 5.87. The molecule has 1 saturated heterocycles. The molecule has 1 N–H and O–H groups in total. The number of hydrogen-bond acceptors (Lipinski definition) is 3. The van der Waals surface area contributed by atoms with Crippen molar-refractivity contribution in [3.63, 3.8) is 0 Å². The van der Waals surface area contributed by atoms with E-state index >= 15 is 0 Å². The molecule has 2 fully saturated rings. The first-order valence-corrected chi connectivity index (χ1v) is 7.36. The van der Waals surface area contributed by atoms with Crippen molar-refractivity contribution in [2.45, 2.75) is 44.4 Å². The molecule has 2 aliphatic rings. The van der Waals surface area contributed by atoms with E-state index in [4.69, 9.17) is 21.1 Å². The summed E-state index contributed by atoms with van der Waals surface area (Å²) in [4.78, 5) is 0. The number of rotatable bonds is 2. The monoisotopic (exact) mass is 281 g/mol. The standard InChI is InChI=1S/C15H20ClNO2/c1-11-3-2-4-13(16)14(11)17-12-5-7-15(8-6-12)18-9-10-19-15/h2-4,12,17H,5-10H2,1H3. The second-order valence-electron chi connectivity index (χ2n) is 5.46. The summed E-state index contributed by atoms with van der Waals surface area (Å²) in [7, 11) is 0. The summed E-state index contributed by atoms with van der Waals surface area (Å²) >= 11 is 6.26. The highest BCUT2D eigenvalue weighted by atomic mass is 35.5. The number of nitrogens with one attached hydrogen (secondary N) is 1. The maximum absolute atomic E-state index is 6.26. The van der Waals surface area contributed by atoms with Crippen molar-refractivity contribution < 1.29 is 9.47 Å². The highest BCUT2D eigenvalue weighted by Gasteiger charge is 2.40. The molecule has 1 aromatic rings. The van der Waals surface area contributed by atoms with Crippen LogP contribution in [-0.4, -0.2) is 25.0 Å².